The second-order valence-electron chi connectivity index (χ2n) is 9.13. The molecular formula is C30H30N6O2. The van der Waals surface area contributed by atoms with Crippen molar-refractivity contribution in [3.8, 4) is 11.3 Å². The third-order valence-corrected chi connectivity index (χ3v) is 6.49. The Bertz CT molecular complexity index is 1570. The molecular weight excluding hydrogens is 476 g/mol. The van der Waals surface area contributed by atoms with Crippen LogP contribution in [0.5, 0.6) is 0 Å². The summed E-state index contributed by atoms with van der Waals surface area (Å²) in [6, 6.07) is 21.9. The standard InChI is InChI=1S/C30H30N6O2/c1-2-21-9-6-10-23(15-21)27-19-34-29(32-14-11-22-7-4-3-5-8-22)30(38)36(27)20-28(37)33-18-25-16-24-17-31-13-12-26(24)35-25/h3-10,12-13,15-17,19,35H,2,11,14,18,20H2,1H3,(H,32,34)(H,33,37). The molecule has 0 bridgehead atoms. The Kier molecular flexibility index (Phi) is 7.59. The van der Waals surface area contributed by atoms with E-state index in [0.29, 0.717) is 18.8 Å². The van der Waals surface area contributed by atoms with E-state index in [4.69, 9.17) is 0 Å². The highest BCUT2D eigenvalue weighted by atomic mass is 16.2. The lowest BCUT2D eigenvalue weighted by Gasteiger charge is -2.15. The van der Waals surface area contributed by atoms with Gasteiger partial charge in [-0.25, -0.2) is 4.98 Å². The number of fused-ring (bicyclic) bond motifs is 1. The van der Waals surface area contributed by atoms with Gasteiger partial charge in [-0.1, -0.05) is 55.5 Å². The van der Waals surface area contributed by atoms with Gasteiger partial charge in [0, 0.05) is 41.1 Å². The van der Waals surface area contributed by atoms with Crippen molar-refractivity contribution in [2.24, 2.45) is 0 Å². The summed E-state index contributed by atoms with van der Waals surface area (Å²) in [5, 5.41) is 7.07. The summed E-state index contributed by atoms with van der Waals surface area (Å²) >= 11 is 0. The molecule has 8 nitrogen and oxygen atoms in total. The summed E-state index contributed by atoms with van der Waals surface area (Å²) in [4.78, 5) is 38.4. The third-order valence-electron chi connectivity index (χ3n) is 6.49. The number of hydrogen-bond donors (Lipinski definition) is 3. The summed E-state index contributed by atoms with van der Waals surface area (Å²) in [6.45, 7) is 2.83. The van der Waals surface area contributed by atoms with Gasteiger partial charge in [-0.3, -0.25) is 19.1 Å². The zero-order valence-electron chi connectivity index (χ0n) is 21.3. The predicted octanol–water partition coefficient (Wildman–Crippen LogP) is 4.32. The van der Waals surface area contributed by atoms with Crippen LogP contribution < -0.4 is 16.2 Å². The summed E-state index contributed by atoms with van der Waals surface area (Å²) in [7, 11) is 0. The van der Waals surface area contributed by atoms with Gasteiger partial charge in [-0.2, -0.15) is 0 Å². The summed E-state index contributed by atoms with van der Waals surface area (Å²) < 4.78 is 1.50. The van der Waals surface area contributed by atoms with Crippen LogP contribution in [-0.2, 0) is 30.7 Å². The fraction of sp³-hybridized carbons (Fsp3) is 0.200. The van der Waals surface area contributed by atoms with Crippen molar-refractivity contribution in [2.45, 2.75) is 32.9 Å². The predicted molar refractivity (Wildman–Crippen MR) is 150 cm³/mol. The van der Waals surface area contributed by atoms with Gasteiger partial charge in [0.15, 0.2) is 5.82 Å². The highest BCUT2D eigenvalue weighted by Gasteiger charge is 2.15. The average molecular weight is 507 g/mol. The van der Waals surface area contributed by atoms with Crippen LogP contribution in [0.15, 0.2) is 90.1 Å². The number of benzene rings is 2. The van der Waals surface area contributed by atoms with Crippen LogP contribution in [0, 0.1) is 0 Å². The molecule has 38 heavy (non-hydrogen) atoms. The van der Waals surface area contributed by atoms with E-state index in [1.165, 1.54) is 10.1 Å². The lowest BCUT2D eigenvalue weighted by Crippen LogP contribution is -2.34. The molecule has 0 atom stereocenters. The highest BCUT2D eigenvalue weighted by Crippen LogP contribution is 2.20. The van der Waals surface area contributed by atoms with Crippen LogP contribution in [-0.4, -0.2) is 32.0 Å². The van der Waals surface area contributed by atoms with Crippen molar-refractivity contribution in [1.29, 1.82) is 0 Å². The fourth-order valence-electron chi connectivity index (χ4n) is 4.44. The lowest BCUT2D eigenvalue weighted by molar-refractivity contribution is -0.121. The van der Waals surface area contributed by atoms with Crippen molar-refractivity contribution in [2.75, 3.05) is 11.9 Å². The maximum atomic E-state index is 13.5. The number of aryl methyl sites for hydroxylation is 1. The zero-order chi connectivity index (χ0) is 26.3. The van der Waals surface area contributed by atoms with Crippen molar-refractivity contribution < 1.29 is 4.79 Å². The third kappa shape index (κ3) is 5.81. The van der Waals surface area contributed by atoms with E-state index >= 15 is 0 Å². The van der Waals surface area contributed by atoms with Gasteiger partial charge in [0.2, 0.25) is 5.91 Å². The summed E-state index contributed by atoms with van der Waals surface area (Å²) in [6.07, 6.45) is 6.78. The molecule has 0 aliphatic heterocycles. The van der Waals surface area contributed by atoms with E-state index in [9.17, 15) is 9.59 Å². The Morgan fingerprint density at radius 3 is 2.66 bits per heavy atom. The van der Waals surface area contributed by atoms with Gasteiger partial charge in [0.05, 0.1) is 18.4 Å². The molecule has 0 fully saturated rings. The van der Waals surface area contributed by atoms with E-state index in [0.717, 1.165) is 40.6 Å². The molecule has 0 saturated heterocycles. The van der Waals surface area contributed by atoms with E-state index in [1.54, 1.807) is 18.6 Å². The minimum Gasteiger partial charge on any atom is -0.365 e. The van der Waals surface area contributed by atoms with Gasteiger partial charge < -0.3 is 15.6 Å². The number of carbonyl (C=O) groups is 1. The van der Waals surface area contributed by atoms with Gasteiger partial charge >= 0.3 is 0 Å². The van der Waals surface area contributed by atoms with Crippen molar-refractivity contribution in [3.05, 3.63) is 112 Å². The Morgan fingerprint density at radius 2 is 1.84 bits per heavy atom. The minimum absolute atomic E-state index is 0.123. The molecule has 5 rings (SSSR count). The summed E-state index contributed by atoms with van der Waals surface area (Å²) in [5.74, 6) is -0.0366. The van der Waals surface area contributed by atoms with Gasteiger partial charge in [0.1, 0.15) is 6.54 Å². The average Bonchev–Trinajstić information content (AvgIpc) is 3.38. The normalized spacial score (nSPS) is 11.0. The van der Waals surface area contributed by atoms with Crippen LogP contribution in [0.1, 0.15) is 23.7 Å². The Hall–Kier alpha value is -4.72. The first-order chi connectivity index (χ1) is 18.6. The second kappa shape index (κ2) is 11.6. The number of hydrogen-bond acceptors (Lipinski definition) is 5. The summed E-state index contributed by atoms with van der Waals surface area (Å²) in [5.41, 5.74) is 5.25. The van der Waals surface area contributed by atoms with Crippen LogP contribution in [0.2, 0.25) is 0 Å². The zero-order valence-corrected chi connectivity index (χ0v) is 21.3. The molecule has 1 amide bonds. The number of aromatic nitrogens is 4. The van der Waals surface area contributed by atoms with Crippen molar-refractivity contribution >= 4 is 22.6 Å². The molecule has 0 unspecified atom stereocenters. The Balaban J connectivity index is 1.37. The van der Waals surface area contributed by atoms with Crippen LogP contribution in [0.4, 0.5) is 5.82 Å². The number of amides is 1. The molecule has 8 heteroatoms. The number of aromatic amines is 1. The molecule has 3 heterocycles. The fourth-order valence-corrected chi connectivity index (χ4v) is 4.44. The molecule has 3 N–H and O–H groups in total. The molecule has 3 aromatic heterocycles. The van der Waals surface area contributed by atoms with E-state index in [-0.39, 0.29) is 23.8 Å². The molecule has 5 aromatic rings. The molecule has 0 aliphatic rings. The first-order valence-corrected chi connectivity index (χ1v) is 12.8. The number of rotatable bonds is 10. The van der Waals surface area contributed by atoms with Crippen LogP contribution in [0.3, 0.4) is 0 Å². The molecule has 2 aromatic carbocycles. The minimum atomic E-state index is -0.329. The maximum Gasteiger partial charge on any atom is 0.294 e. The van der Waals surface area contributed by atoms with Gasteiger partial charge in [0.25, 0.3) is 5.56 Å². The number of pyridine rings is 1. The number of H-pyrrole nitrogens is 1. The Morgan fingerprint density at radius 1 is 1.00 bits per heavy atom. The first-order valence-electron chi connectivity index (χ1n) is 12.8. The number of carbonyl (C=O) groups excluding carboxylic acids is 1. The Labute approximate surface area is 220 Å². The first kappa shape index (κ1) is 25.0. The van der Waals surface area contributed by atoms with Crippen LogP contribution in [0.25, 0.3) is 22.2 Å². The topological polar surface area (TPSA) is 105 Å². The van der Waals surface area contributed by atoms with E-state index in [1.807, 2.05) is 66.7 Å². The van der Waals surface area contributed by atoms with Crippen LogP contribution >= 0.6 is 0 Å². The quantitative estimate of drug-likeness (QED) is 0.262. The number of anilines is 1. The largest absolute Gasteiger partial charge is 0.365 e. The van der Waals surface area contributed by atoms with E-state index < -0.39 is 0 Å². The number of nitrogens with zero attached hydrogens (tertiary/aromatic N) is 3. The SMILES string of the molecule is CCc1cccc(-c2cnc(NCCc3ccccc3)c(=O)n2CC(=O)NCc2cc3cnccc3[nH]2)c1. The van der Waals surface area contributed by atoms with Crippen molar-refractivity contribution in [1.82, 2.24) is 24.8 Å². The molecule has 0 spiro atoms. The van der Waals surface area contributed by atoms with Crippen molar-refractivity contribution in [3.63, 3.8) is 0 Å². The smallest absolute Gasteiger partial charge is 0.294 e. The number of nitrogens with one attached hydrogen (secondary N) is 3. The van der Waals surface area contributed by atoms with E-state index in [2.05, 4.69) is 32.5 Å². The lowest BCUT2D eigenvalue weighted by atomic mass is 10.1. The van der Waals surface area contributed by atoms with Gasteiger partial charge in [-0.15, -0.1) is 0 Å². The molecule has 192 valence electrons. The molecule has 0 radical (unpaired) electrons. The second-order valence-corrected chi connectivity index (χ2v) is 9.13. The highest BCUT2D eigenvalue weighted by molar-refractivity contribution is 5.80. The monoisotopic (exact) mass is 506 g/mol. The van der Waals surface area contributed by atoms with Gasteiger partial charge in [-0.05, 0) is 42.2 Å². The molecule has 0 saturated carbocycles. The maximum absolute atomic E-state index is 13.5. The molecule has 0 aliphatic carbocycles.